The van der Waals surface area contributed by atoms with Gasteiger partial charge in [0.15, 0.2) is 0 Å². The van der Waals surface area contributed by atoms with E-state index in [2.05, 4.69) is 68.1 Å². The van der Waals surface area contributed by atoms with E-state index < -0.39 is 0 Å². The van der Waals surface area contributed by atoms with Crippen LogP contribution in [-0.4, -0.2) is 19.1 Å². The monoisotopic (exact) mass is 284 g/mol. The fourth-order valence-electron chi connectivity index (χ4n) is 3.45. The summed E-state index contributed by atoms with van der Waals surface area (Å²) in [6.07, 6.45) is 2.36. The quantitative estimate of drug-likeness (QED) is 0.815. The van der Waals surface area contributed by atoms with E-state index in [1.54, 1.807) is 0 Å². The lowest BCUT2D eigenvalue weighted by Crippen LogP contribution is -2.45. The Labute approximate surface area is 128 Å². The zero-order valence-corrected chi connectivity index (χ0v) is 13.5. The van der Waals surface area contributed by atoms with Crippen molar-refractivity contribution in [1.29, 1.82) is 0 Å². The molecule has 0 amide bonds. The van der Waals surface area contributed by atoms with Crippen LogP contribution in [-0.2, 0) is 0 Å². The highest BCUT2D eigenvalue weighted by atomic mass is 15.2. The van der Waals surface area contributed by atoms with E-state index in [4.69, 9.17) is 5.73 Å². The smallest absolute Gasteiger partial charge is 0.0448 e. The average Bonchev–Trinajstić information content (AvgIpc) is 2.55. The first-order valence-electron chi connectivity index (χ1n) is 8.21. The average molecular weight is 284 g/mol. The zero-order valence-electron chi connectivity index (χ0n) is 13.5. The van der Waals surface area contributed by atoms with Crippen molar-refractivity contribution in [2.75, 3.05) is 18.0 Å². The van der Waals surface area contributed by atoms with E-state index in [-0.39, 0.29) is 0 Å². The van der Waals surface area contributed by atoms with Crippen LogP contribution in [0, 0.1) is 5.92 Å². The third-order valence-electron chi connectivity index (χ3n) is 4.65. The third kappa shape index (κ3) is 3.21. The number of rotatable bonds is 7. The second kappa shape index (κ2) is 7.46. The predicted octanol–water partition coefficient (Wildman–Crippen LogP) is 4.43. The maximum atomic E-state index is 6.14. The Morgan fingerprint density at radius 1 is 0.952 bits per heavy atom. The normalized spacial score (nSPS) is 12.8. The summed E-state index contributed by atoms with van der Waals surface area (Å²) in [4.78, 5) is 2.50. The molecule has 2 rings (SSSR count). The van der Waals surface area contributed by atoms with E-state index in [1.165, 1.54) is 29.3 Å². The van der Waals surface area contributed by atoms with Crippen molar-refractivity contribution in [2.45, 2.75) is 39.7 Å². The summed E-state index contributed by atoms with van der Waals surface area (Å²) in [6.45, 7) is 8.48. The van der Waals surface area contributed by atoms with Crippen LogP contribution in [0.3, 0.4) is 0 Å². The first-order valence-corrected chi connectivity index (χ1v) is 8.21. The minimum absolute atomic E-state index is 0.413. The van der Waals surface area contributed by atoms with Gasteiger partial charge in [0.25, 0.3) is 0 Å². The Morgan fingerprint density at radius 2 is 1.62 bits per heavy atom. The summed E-state index contributed by atoms with van der Waals surface area (Å²) >= 11 is 0. The van der Waals surface area contributed by atoms with Crippen molar-refractivity contribution in [3.05, 3.63) is 42.5 Å². The van der Waals surface area contributed by atoms with Crippen LogP contribution >= 0.6 is 0 Å². The van der Waals surface area contributed by atoms with E-state index in [1.807, 2.05) is 0 Å². The second-order valence-corrected chi connectivity index (χ2v) is 5.66. The van der Waals surface area contributed by atoms with Gasteiger partial charge < -0.3 is 10.6 Å². The van der Waals surface area contributed by atoms with Gasteiger partial charge in [-0.3, -0.25) is 0 Å². The molecular formula is C19H28N2. The molecule has 114 valence electrons. The molecule has 1 atom stereocenters. The topological polar surface area (TPSA) is 29.3 Å². The third-order valence-corrected chi connectivity index (χ3v) is 4.65. The molecule has 0 aliphatic rings. The Bertz CT molecular complexity index is 555. The summed E-state index contributed by atoms with van der Waals surface area (Å²) in [7, 11) is 0. The lowest BCUT2D eigenvalue weighted by atomic mass is 9.92. The molecule has 2 aromatic rings. The Kier molecular flexibility index (Phi) is 5.63. The highest BCUT2D eigenvalue weighted by molar-refractivity contribution is 5.94. The molecule has 2 nitrogen and oxygen atoms in total. The number of anilines is 1. The molecule has 2 heteroatoms. The molecule has 0 spiro atoms. The first kappa shape index (κ1) is 15.8. The molecule has 0 aliphatic heterocycles. The summed E-state index contributed by atoms with van der Waals surface area (Å²) < 4.78 is 0. The van der Waals surface area contributed by atoms with E-state index in [9.17, 15) is 0 Å². The minimum atomic E-state index is 0.413. The van der Waals surface area contributed by atoms with Gasteiger partial charge in [0.2, 0.25) is 0 Å². The summed E-state index contributed by atoms with van der Waals surface area (Å²) in [6, 6.07) is 15.6. The van der Waals surface area contributed by atoms with E-state index >= 15 is 0 Å². The Morgan fingerprint density at radius 3 is 2.24 bits per heavy atom. The van der Waals surface area contributed by atoms with Crippen LogP contribution in [0.2, 0.25) is 0 Å². The van der Waals surface area contributed by atoms with Gasteiger partial charge in [-0.25, -0.2) is 0 Å². The van der Waals surface area contributed by atoms with Gasteiger partial charge >= 0.3 is 0 Å². The maximum Gasteiger partial charge on any atom is 0.0448 e. The van der Waals surface area contributed by atoms with Crippen molar-refractivity contribution in [2.24, 2.45) is 11.7 Å². The molecule has 0 saturated heterocycles. The van der Waals surface area contributed by atoms with Gasteiger partial charge in [-0.05, 0) is 24.3 Å². The summed E-state index contributed by atoms with van der Waals surface area (Å²) in [5.41, 5.74) is 7.46. The molecule has 0 bridgehead atoms. The molecule has 0 aromatic heterocycles. The number of benzene rings is 2. The number of likely N-dealkylation sites (N-methyl/N-ethyl adjacent to an activating group) is 1. The standard InChI is InChI=1S/C19H28N2/c1-4-15(5-2)19(14-20)21(6-3)18-13-9-11-16-10-7-8-12-17(16)18/h7-13,15,19H,4-6,14,20H2,1-3H3. The van der Waals surface area contributed by atoms with Gasteiger partial charge in [-0.2, -0.15) is 0 Å². The predicted molar refractivity (Wildman–Crippen MR) is 93.9 cm³/mol. The number of nitrogens with zero attached hydrogens (tertiary/aromatic N) is 1. The molecular weight excluding hydrogens is 256 g/mol. The number of hydrogen-bond acceptors (Lipinski definition) is 2. The van der Waals surface area contributed by atoms with Crippen molar-refractivity contribution in [3.63, 3.8) is 0 Å². The Balaban J connectivity index is 2.47. The maximum absolute atomic E-state index is 6.14. The van der Waals surface area contributed by atoms with Crippen LogP contribution < -0.4 is 10.6 Å². The van der Waals surface area contributed by atoms with Crippen molar-refractivity contribution in [1.82, 2.24) is 0 Å². The van der Waals surface area contributed by atoms with Crippen LogP contribution in [0.1, 0.15) is 33.6 Å². The van der Waals surface area contributed by atoms with E-state index in [0.29, 0.717) is 18.5 Å². The highest BCUT2D eigenvalue weighted by Crippen LogP contribution is 2.30. The molecule has 0 aliphatic carbocycles. The van der Waals surface area contributed by atoms with E-state index in [0.717, 1.165) is 6.54 Å². The van der Waals surface area contributed by atoms with Gasteiger partial charge in [0, 0.05) is 30.2 Å². The van der Waals surface area contributed by atoms with Gasteiger partial charge in [-0.15, -0.1) is 0 Å². The molecule has 1 unspecified atom stereocenters. The molecule has 0 saturated carbocycles. The zero-order chi connectivity index (χ0) is 15.2. The van der Waals surface area contributed by atoms with Crippen molar-refractivity contribution < 1.29 is 0 Å². The summed E-state index contributed by atoms with van der Waals surface area (Å²) in [5, 5.41) is 2.63. The molecule has 2 aromatic carbocycles. The number of nitrogens with two attached hydrogens (primary N) is 1. The first-order chi connectivity index (χ1) is 10.3. The molecule has 0 heterocycles. The molecule has 0 radical (unpaired) electrons. The van der Waals surface area contributed by atoms with Gasteiger partial charge in [-0.1, -0.05) is 63.1 Å². The Hall–Kier alpha value is -1.54. The fraction of sp³-hybridized carbons (Fsp3) is 0.474. The lowest BCUT2D eigenvalue weighted by molar-refractivity contribution is 0.381. The van der Waals surface area contributed by atoms with Crippen LogP contribution in [0.25, 0.3) is 10.8 Å². The van der Waals surface area contributed by atoms with Crippen molar-refractivity contribution >= 4 is 16.5 Å². The number of hydrogen-bond donors (Lipinski definition) is 1. The highest BCUT2D eigenvalue weighted by Gasteiger charge is 2.24. The minimum Gasteiger partial charge on any atom is -0.367 e. The largest absolute Gasteiger partial charge is 0.367 e. The molecule has 21 heavy (non-hydrogen) atoms. The number of fused-ring (bicyclic) bond motifs is 1. The second-order valence-electron chi connectivity index (χ2n) is 5.66. The van der Waals surface area contributed by atoms with Crippen LogP contribution in [0.5, 0.6) is 0 Å². The molecule has 2 N–H and O–H groups in total. The molecule has 0 fully saturated rings. The lowest BCUT2D eigenvalue weighted by Gasteiger charge is -2.37. The van der Waals surface area contributed by atoms with Gasteiger partial charge in [0.05, 0.1) is 0 Å². The van der Waals surface area contributed by atoms with Crippen molar-refractivity contribution in [3.8, 4) is 0 Å². The van der Waals surface area contributed by atoms with Crippen LogP contribution in [0.4, 0.5) is 5.69 Å². The SMILES string of the molecule is CCC(CC)C(CN)N(CC)c1cccc2ccccc12. The van der Waals surface area contributed by atoms with Gasteiger partial charge in [0.1, 0.15) is 0 Å². The van der Waals surface area contributed by atoms with Crippen LogP contribution in [0.15, 0.2) is 42.5 Å². The fourth-order valence-corrected chi connectivity index (χ4v) is 3.45. The summed E-state index contributed by atoms with van der Waals surface area (Å²) in [5.74, 6) is 0.647.